The molecule has 0 spiro atoms. The molecule has 4 atom stereocenters. The summed E-state index contributed by atoms with van der Waals surface area (Å²) >= 11 is 5.93. The lowest BCUT2D eigenvalue weighted by molar-refractivity contribution is -0.138. The third-order valence-electron chi connectivity index (χ3n) is 4.80. The number of carbonyl (C=O) groups excluding carboxylic acids is 1. The molecule has 6 nitrogen and oxygen atoms in total. The van der Waals surface area contributed by atoms with Gasteiger partial charge >= 0.3 is 0 Å². The third kappa shape index (κ3) is 5.18. The van der Waals surface area contributed by atoms with Crippen molar-refractivity contribution in [1.29, 1.82) is 0 Å². The normalized spacial score (nSPS) is 23.1. The summed E-state index contributed by atoms with van der Waals surface area (Å²) in [5, 5.41) is 13.9. The van der Waals surface area contributed by atoms with Crippen molar-refractivity contribution in [1.82, 2.24) is 21.1 Å². The number of hydrogen-bond acceptors (Lipinski definition) is 5. The van der Waals surface area contributed by atoms with Gasteiger partial charge in [0.2, 0.25) is 5.91 Å². The second-order valence-electron chi connectivity index (χ2n) is 8.05. The van der Waals surface area contributed by atoms with Crippen molar-refractivity contribution in [2.45, 2.75) is 58.5 Å². The number of nitrogens with one attached hydrogen (secondary N) is 3. The highest BCUT2D eigenvalue weighted by molar-refractivity contribution is 6.30. The van der Waals surface area contributed by atoms with Gasteiger partial charge in [0.25, 0.3) is 0 Å². The third-order valence-corrected chi connectivity index (χ3v) is 5.05. The molecule has 26 heavy (non-hydrogen) atoms. The van der Waals surface area contributed by atoms with Gasteiger partial charge in [0.15, 0.2) is 0 Å². The van der Waals surface area contributed by atoms with Crippen LogP contribution in [0.15, 0.2) is 24.3 Å². The smallest absolute Gasteiger partial charge is 0.241 e. The van der Waals surface area contributed by atoms with Gasteiger partial charge in [-0.2, -0.15) is 0 Å². The number of amides is 1. The lowest BCUT2D eigenvalue weighted by atomic mass is 9.86. The van der Waals surface area contributed by atoms with Crippen LogP contribution in [0, 0.1) is 5.41 Å². The molecule has 0 bridgehead atoms. The summed E-state index contributed by atoms with van der Waals surface area (Å²) in [6, 6.07) is 7.35. The number of carbonyl (C=O) groups is 1. The Hall–Kier alpha value is -1.18. The van der Waals surface area contributed by atoms with Gasteiger partial charge in [-0.1, -0.05) is 44.5 Å². The highest BCUT2D eigenvalue weighted by Gasteiger charge is 2.40. The van der Waals surface area contributed by atoms with Crippen molar-refractivity contribution < 1.29 is 9.90 Å². The minimum absolute atomic E-state index is 0.00463. The summed E-state index contributed by atoms with van der Waals surface area (Å²) in [5.74, 6) is -0.00463. The fourth-order valence-corrected chi connectivity index (χ4v) is 3.47. The van der Waals surface area contributed by atoms with Crippen molar-refractivity contribution in [3.8, 4) is 0 Å². The Labute approximate surface area is 161 Å². The number of likely N-dealkylation sites (N-methyl/N-ethyl adjacent to an activating group) is 1. The Morgan fingerprint density at radius 1 is 1.31 bits per heavy atom. The maximum atomic E-state index is 13.0. The Balaban J connectivity index is 2.02. The van der Waals surface area contributed by atoms with Gasteiger partial charge < -0.3 is 15.3 Å². The van der Waals surface area contributed by atoms with Gasteiger partial charge in [-0.3, -0.25) is 4.79 Å². The molecular weight excluding hydrogens is 352 g/mol. The number of likely N-dealkylation sites (tertiary alicyclic amines) is 1. The van der Waals surface area contributed by atoms with E-state index in [1.807, 2.05) is 52.0 Å². The first-order valence-corrected chi connectivity index (χ1v) is 9.43. The molecule has 1 aliphatic heterocycles. The molecule has 1 heterocycles. The average Bonchev–Trinajstić information content (AvgIpc) is 2.93. The van der Waals surface area contributed by atoms with E-state index in [9.17, 15) is 9.90 Å². The van der Waals surface area contributed by atoms with Crippen LogP contribution in [0.25, 0.3) is 0 Å². The van der Waals surface area contributed by atoms with Gasteiger partial charge in [-0.05, 0) is 37.1 Å². The maximum Gasteiger partial charge on any atom is 0.241 e. The lowest BCUT2D eigenvalue weighted by Crippen LogP contribution is -2.57. The van der Waals surface area contributed by atoms with Crippen LogP contribution in [-0.2, 0) is 4.79 Å². The zero-order valence-corrected chi connectivity index (χ0v) is 17.0. The standard InChI is InChI=1S/C19H31ClN4O2/c1-12(13-6-8-14(20)9-7-13)22-23-16-10-15(25)11-24(16)18(26)17(21-5)19(2,3)4/h6-9,12,15-17,21-23,25H,10-11H2,1-5H3/t12-,15+,16-,17+/m0/s1. The van der Waals surface area contributed by atoms with Crippen molar-refractivity contribution in [3.63, 3.8) is 0 Å². The van der Waals surface area contributed by atoms with Gasteiger partial charge in [0.1, 0.15) is 0 Å². The zero-order valence-electron chi connectivity index (χ0n) is 16.2. The molecule has 1 saturated heterocycles. The van der Waals surface area contributed by atoms with Crippen LogP contribution in [0.5, 0.6) is 0 Å². The molecule has 0 aromatic heterocycles. The first-order chi connectivity index (χ1) is 12.1. The van der Waals surface area contributed by atoms with Crippen LogP contribution in [-0.4, -0.2) is 47.8 Å². The Bertz CT molecular complexity index is 603. The van der Waals surface area contributed by atoms with Crippen LogP contribution < -0.4 is 16.2 Å². The highest BCUT2D eigenvalue weighted by atomic mass is 35.5. The number of aliphatic hydroxyl groups is 1. The fourth-order valence-electron chi connectivity index (χ4n) is 3.34. The van der Waals surface area contributed by atoms with Gasteiger partial charge in [-0.15, -0.1) is 0 Å². The second kappa shape index (κ2) is 8.67. The van der Waals surface area contributed by atoms with Gasteiger partial charge in [-0.25, -0.2) is 10.9 Å². The van der Waals surface area contributed by atoms with Crippen LogP contribution in [0.3, 0.4) is 0 Å². The number of hydrogen-bond donors (Lipinski definition) is 4. The van der Waals surface area contributed by atoms with E-state index in [0.717, 1.165) is 5.56 Å². The number of nitrogens with zero attached hydrogens (tertiary/aromatic N) is 1. The molecule has 0 radical (unpaired) electrons. The van der Waals surface area contributed by atoms with Crippen LogP contribution in [0.2, 0.25) is 5.02 Å². The minimum atomic E-state index is -0.526. The quantitative estimate of drug-likeness (QED) is 0.566. The van der Waals surface area contributed by atoms with E-state index in [0.29, 0.717) is 18.0 Å². The predicted octanol–water partition coefficient (Wildman–Crippen LogP) is 2.05. The maximum absolute atomic E-state index is 13.0. The average molecular weight is 383 g/mol. The van der Waals surface area contributed by atoms with E-state index in [4.69, 9.17) is 11.6 Å². The highest BCUT2D eigenvalue weighted by Crippen LogP contribution is 2.25. The summed E-state index contributed by atoms with van der Waals surface area (Å²) < 4.78 is 0. The Morgan fingerprint density at radius 2 is 1.92 bits per heavy atom. The molecule has 4 N–H and O–H groups in total. The number of aliphatic hydroxyl groups excluding tert-OH is 1. The Morgan fingerprint density at radius 3 is 2.46 bits per heavy atom. The molecule has 1 aromatic rings. The van der Waals surface area contributed by atoms with E-state index in [1.165, 1.54) is 0 Å². The predicted molar refractivity (Wildman–Crippen MR) is 105 cm³/mol. The topological polar surface area (TPSA) is 76.6 Å². The largest absolute Gasteiger partial charge is 0.391 e. The van der Waals surface area contributed by atoms with Crippen molar-refractivity contribution >= 4 is 17.5 Å². The van der Waals surface area contributed by atoms with E-state index in [1.54, 1.807) is 11.9 Å². The zero-order chi connectivity index (χ0) is 19.5. The van der Waals surface area contributed by atoms with Gasteiger partial charge in [0.05, 0.1) is 18.3 Å². The monoisotopic (exact) mass is 382 g/mol. The summed E-state index contributed by atoms with van der Waals surface area (Å²) in [4.78, 5) is 14.7. The summed E-state index contributed by atoms with van der Waals surface area (Å²) in [6.07, 6.45) is -0.292. The molecule has 1 amide bonds. The van der Waals surface area contributed by atoms with Crippen molar-refractivity contribution in [2.24, 2.45) is 5.41 Å². The summed E-state index contributed by atoms with van der Waals surface area (Å²) in [5.41, 5.74) is 7.33. The van der Waals surface area contributed by atoms with Gasteiger partial charge in [0, 0.05) is 24.0 Å². The van der Waals surface area contributed by atoms with E-state index < -0.39 is 6.10 Å². The number of β-amino-alcohol motifs (C(OH)–C–C–N with tert-alkyl or cyclic N) is 1. The van der Waals surface area contributed by atoms with E-state index in [-0.39, 0.29) is 29.6 Å². The summed E-state index contributed by atoms with van der Waals surface area (Å²) in [6.45, 7) is 8.45. The molecule has 1 aromatic carbocycles. The molecule has 1 aliphatic rings. The molecule has 1 fully saturated rings. The van der Waals surface area contributed by atoms with Crippen LogP contribution in [0.4, 0.5) is 0 Å². The van der Waals surface area contributed by atoms with Crippen LogP contribution in [0.1, 0.15) is 45.7 Å². The SMILES string of the molecule is CN[C@H](C(=O)N1C[C@H](O)C[C@H]1NN[C@@H](C)c1ccc(Cl)cc1)C(C)(C)C. The molecular formula is C19H31ClN4O2. The fraction of sp³-hybridized carbons (Fsp3) is 0.632. The number of rotatable bonds is 6. The molecule has 0 saturated carbocycles. The number of hydrazine groups is 1. The first kappa shape index (κ1) is 21.1. The molecule has 2 rings (SSSR count). The molecule has 7 heteroatoms. The number of benzene rings is 1. The molecule has 0 aliphatic carbocycles. The molecule has 0 unspecified atom stereocenters. The van der Waals surface area contributed by atoms with E-state index >= 15 is 0 Å². The second-order valence-corrected chi connectivity index (χ2v) is 8.48. The lowest BCUT2D eigenvalue weighted by Gasteiger charge is -2.35. The number of halogens is 1. The van der Waals surface area contributed by atoms with E-state index in [2.05, 4.69) is 16.2 Å². The van der Waals surface area contributed by atoms with Crippen molar-refractivity contribution in [2.75, 3.05) is 13.6 Å². The first-order valence-electron chi connectivity index (χ1n) is 9.05. The summed E-state index contributed by atoms with van der Waals surface area (Å²) in [7, 11) is 1.80. The Kier molecular flexibility index (Phi) is 7.05. The van der Waals surface area contributed by atoms with Crippen molar-refractivity contribution in [3.05, 3.63) is 34.9 Å². The molecule has 146 valence electrons. The van der Waals surface area contributed by atoms with Crippen LogP contribution >= 0.6 is 11.6 Å². The minimum Gasteiger partial charge on any atom is -0.391 e.